The zero-order valence-corrected chi connectivity index (χ0v) is 21.5. The number of benzene rings is 3. The molecule has 1 heterocycles. The van der Waals surface area contributed by atoms with E-state index >= 15 is 0 Å². The fraction of sp³-hybridized carbons (Fsp3) is 0.167. The summed E-state index contributed by atoms with van der Waals surface area (Å²) in [6.07, 6.45) is 0. The normalized spacial score (nSPS) is 11.4. The van der Waals surface area contributed by atoms with Crippen molar-refractivity contribution in [3.8, 4) is 34.2 Å². The molecule has 4 aromatic rings. The van der Waals surface area contributed by atoms with E-state index in [0.717, 1.165) is 44.9 Å². The summed E-state index contributed by atoms with van der Waals surface area (Å²) in [5.41, 5.74) is 6.68. The van der Waals surface area contributed by atoms with Gasteiger partial charge in [0.05, 0.1) is 23.6 Å². The molecule has 0 saturated carbocycles. The molecule has 0 bridgehead atoms. The van der Waals surface area contributed by atoms with Crippen LogP contribution < -0.4 is 10.1 Å². The van der Waals surface area contributed by atoms with Gasteiger partial charge in [0.2, 0.25) is 5.91 Å². The van der Waals surface area contributed by atoms with Crippen LogP contribution in [0.5, 0.6) is 5.75 Å². The van der Waals surface area contributed by atoms with Gasteiger partial charge in [-0.15, -0.1) is 0 Å². The summed E-state index contributed by atoms with van der Waals surface area (Å²) in [6.45, 7) is 5.82. The number of nitrogens with one attached hydrogen (secondary N) is 1. The third-order valence-electron chi connectivity index (χ3n) is 5.87. The fourth-order valence-electron chi connectivity index (χ4n) is 3.88. The number of pyridine rings is 1. The van der Waals surface area contributed by atoms with Crippen LogP contribution in [0.15, 0.2) is 83.9 Å². The minimum Gasteiger partial charge on any atom is -0.497 e. The second-order valence-electron chi connectivity index (χ2n) is 8.51. The SMILES string of the molecule is COc1ccc(-c2cc(-c3ccccc3)nc(SC(C)C(=O)Nc3ccc(C)cc3C)c2C#N)cc1. The number of methoxy groups -OCH3 is 1. The van der Waals surface area contributed by atoms with Gasteiger partial charge >= 0.3 is 0 Å². The highest BCUT2D eigenvalue weighted by Crippen LogP contribution is 2.36. The first kappa shape index (κ1) is 25.0. The summed E-state index contributed by atoms with van der Waals surface area (Å²) < 4.78 is 5.30. The van der Waals surface area contributed by atoms with Crippen LogP contribution in [-0.4, -0.2) is 23.3 Å². The summed E-state index contributed by atoms with van der Waals surface area (Å²) in [6, 6.07) is 27.6. The van der Waals surface area contributed by atoms with Crippen molar-refractivity contribution in [2.45, 2.75) is 31.0 Å². The smallest absolute Gasteiger partial charge is 0.237 e. The summed E-state index contributed by atoms with van der Waals surface area (Å²) in [5, 5.41) is 13.2. The molecular formula is C30H27N3O2S. The van der Waals surface area contributed by atoms with E-state index in [-0.39, 0.29) is 5.91 Å². The van der Waals surface area contributed by atoms with E-state index in [1.807, 2.05) is 99.6 Å². The number of carbonyl (C=O) groups excluding carboxylic acids is 1. The highest BCUT2D eigenvalue weighted by atomic mass is 32.2. The van der Waals surface area contributed by atoms with Crippen molar-refractivity contribution in [1.82, 2.24) is 4.98 Å². The average molecular weight is 494 g/mol. The van der Waals surface area contributed by atoms with Crippen LogP contribution >= 0.6 is 11.8 Å². The van der Waals surface area contributed by atoms with Crippen LogP contribution in [0.1, 0.15) is 23.6 Å². The first-order chi connectivity index (χ1) is 17.4. The van der Waals surface area contributed by atoms with Crippen LogP contribution in [0.25, 0.3) is 22.4 Å². The minimum absolute atomic E-state index is 0.145. The molecule has 0 aliphatic heterocycles. The van der Waals surface area contributed by atoms with E-state index < -0.39 is 5.25 Å². The second-order valence-corrected chi connectivity index (χ2v) is 9.84. The highest BCUT2D eigenvalue weighted by Gasteiger charge is 2.22. The molecule has 180 valence electrons. The lowest BCUT2D eigenvalue weighted by Gasteiger charge is -2.17. The Balaban J connectivity index is 1.72. The lowest BCUT2D eigenvalue weighted by atomic mass is 9.99. The third-order valence-corrected chi connectivity index (χ3v) is 6.95. The standard InChI is InChI=1S/C30H27N3O2S/c1-19-10-15-27(20(2)16-19)32-29(34)21(3)36-30-26(18-31)25(22-11-13-24(35-4)14-12-22)17-28(33-30)23-8-6-5-7-9-23/h5-17,21H,1-4H3,(H,32,34). The summed E-state index contributed by atoms with van der Waals surface area (Å²) in [4.78, 5) is 17.9. The Kier molecular flexibility index (Phi) is 7.72. The summed E-state index contributed by atoms with van der Waals surface area (Å²) >= 11 is 1.29. The minimum atomic E-state index is -0.472. The Bertz CT molecular complexity index is 1430. The number of hydrogen-bond donors (Lipinski definition) is 1. The summed E-state index contributed by atoms with van der Waals surface area (Å²) in [7, 11) is 1.62. The zero-order chi connectivity index (χ0) is 25.7. The van der Waals surface area contributed by atoms with Crippen molar-refractivity contribution in [1.29, 1.82) is 5.26 Å². The summed E-state index contributed by atoms with van der Waals surface area (Å²) in [5.74, 6) is 0.592. The van der Waals surface area contributed by atoms with E-state index in [9.17, 15) is 10.1 Å². The van der Waals surface area contributed by atoms with Crippen molar-refractivity contribution >= 4 is 23.4 Å². The van der Waals surface area contributed by atoms with Gasteiger partial charge in [-0.25, -0.2) is 4.98 Å². The molecule has 1 amide bonds. The largest absolute Gasteiger partial charge is 0.497 e. The number of rotatable bonds is 7. The molecule has 0 spiro atoms. The fourth-order valence-corrected chi connectivity index (χ4v) is 4.80. The number of anilines is 1. The van der Waals surface area contributed by atoms with Crippen molar-refractivity contribution in [3.05, 3.63) is 95.6 Å². The van der Waals surface area contributed by atoms with Gasteiger partial charge in [-0.05, 0) is 56.2 Å². The maximum atomic E-state index is 13.1. The number of nitrogens with zero attached hydrogens (tertiary/aromatic N) is 2. The number of ether oxygens (including phenoxy) is 1. The molecule has 36 heavy (non-hydrogen) atoms. The van der Waals surface area contributed by atoms with Gasteiger partial charge in [0.15, 0.2) is 0 Å². The average Bonchev–Trinajstić information content (AvgIpc) is 2.90. The van der Waals surface area contributed by atoms with E-state index in [1.54, 1.807) is 7.11 Å². The van der Waals surface area contributed by atoms with Crippen LogP contribution in [-0.2, 0) is 4.79 Å². The van der Waals surface area contributed by atoms with Gasteiger partial charge in [-0.3, -0.25) is 4.79 Å². The molecule has 0 aliphatic rings. The number of carbonyl (C=O) groups is 1. The molecule has 5 nitrogen and oxygen atoms in total. The molecule has 0 aliphatic carbocycles. The topological polar surface area (TPSA) is 75.0 Å². The second kappa shape index (κ2) is 11.1. The monoisotopic (exact) mass is 493 g/mol. The Morgan fingerprint density at radius 2 is 1.72 bits per heavy atom. The molecule has 1 N–H and O–H groups in total. The van der Waals surface area contributed by atoms with Crippen molar-refractivity contribution in [3.63, 3.8) is 0 Å². The van der Waals surface area contributed by atoms with E-state index in [4.69, 9.17) is 9.72 Å². The Labute approximate surface area is 216 Å². The first-order valence-electron chi connectivity index (χ1n) is 11.6. The predicted octanol–water partition coefficient (Wildman–Crippen LogP) is 7.03. The van der Waals surface area contributed by atoms with E-state index in [2.05, 4.69) is 11.4 Å². The predicted molar refractivity (Wildman–Crippen MR) is 146 cm³/mol. The van der Waals surface area contributed by atoms with Crippen molar-refractivity contribution < 1.29 is 9.53 Å². The molecule has 1 unspecified atom stereocenters. The Morgan fingerprint density at radius 3 is 2.36 bits per heavy atom. The zero-order valence-electron chi connectivity index (χ0n) is 20.7. The highest BCUT2D eigenvalue weighted by molar-refractivity contribution is 8.00. The number of thioether (sulfide) groups is 1. The number of aromatic nitrogens is 1. The van der Waals surface area contributed by atoms with Crippen LogP contribution in [0.3, 0.4) is 0 Å². The number of hydrogen-bond acceptors (Lipinski definition) is 5. The van der Waals surface area contributed by atoms with Crippen LogP contribution in [0.4, 0.5) is 5.69 Å². The van der Waals surface area contributed by atoms with Crippen molar-refractivity contribution in [2.24, 2.45) is 0 Å². The van der Waals surface area contributed by atoms with E-state index in [1.165, 1.54) is 11.8 Å². The van der Waals surface area contributed by atoms with Crippen LogP contribution in [0.2, 0.25) is 0 Å². The van der Waals surface area contributed by atoms with Gasteiger partial charge in [-0.2, -0.15) is 5.26 Å². The number of nitriles is 1. The van der Waals surface area contributed by atoms with Crippen LogP contribution in [0, 0.1) is 25.2 Å². The molecule has 0 radical (unpaired) electrons. The maximum Gasteiger partial charge on any atom is 0.237 e. The molecule has 0 saturated heterocycles. The first-order valence-corrected chi connectivity index (χ1v) is 12.5. The maximum absolute atomic E-state index is 13.1. The molecule has 1 atom stereocenters. The van der Waals surface area contributed by atoms with Gasteiger partial charge in [0.25, 0.3) is 0 Å². The molecule has 6 heteroatoms. The molecule has 1 aromatic heterocycles. The molecule has 4 rings (SSSR count). The lowest BCUT2D eigenvalue weighted by Crippen LogP contribution is -2.23. The van der Waals surface area contributed by atoms with Crippen molar-refractivity contribution in [2.75, 3.05) is 12.4 Å². The number of aryl methyl sites for hydroxylation is 2. The Hall–Kier alpha value is -4.08. The molecule has 3 aromatic carbocycles. The van der Waals surface area contributed by atoms with Gasteiger partial charge in [0, 0.05) is 16.8 Å². The molecule has 0 fully saturated rings. The van der Waals surface area contributed by atoms with E-state index in [0.29, 0.717) is 10.6 Å². The number of amides is 1. The lowest BCUT2D eigenvalue weighted by molar-refractivity contribution is -0.115. The molecular weight excluding hydrogens is 466 g/mol. The third kappa shape index (κ3) is 5.59. The quantitative estimate of drug-likeness (QED) is 0.280. The van der Waals surface area contributed by atoms with Gasteiger partial charge in [0.1, 0.15) is 16.8 Å². The van der Waals surface area contributed by atoms with Gasteiger partial charge < -0.3 is 10.1 Å². The Morgan fingerprint density at radius 1 is 1.00 bits per heavy atom. The van der Waals surface area contributed by atoms with Gasteiger partial charge in [-0.1, -0.05) is 71.9 Å².